The second-order valence-electron chi connectivity index (χ2n) is 3.97. The molecule has 84 valence electrons. The largest absolute Gasteiger partial charge is 0.383 e. The van der Waals surface area contributed by atoms with Crippen molar-refractivity contribution in [3.05, 3.63) is 10.8 Å². The fourth-order valence-corrected chi connectivity index (χ4v) is 2.31. The molecule has 1 aromatic heterocycles. The third-order valence-electron chi connectivity index (χ3n) is 2.62. The molecule has 0 spiro atoms. The minimum atomic E-state index is 0.343. The van der Waals surface area contributed by atoms with Gasteiger partial charge in [0.25, 0.3) is 0 Å². The molecular weight excluding hydrogens is 210 g/mol. The van der Waals surface area contributed by atoms with E-state index in [1.165, 1.54) is 24.4 Å². The molecule has 1 aliphatic carbocycles. The highest BCUT2D eigenvalue weighted by Crippen LogP contribution is 2.38. The van der Waals surface area contributed by atoms with E-state index in [1.54, 1.807) is 7.11 Å². The van der Waals surface area contributed by atoms with Crippen LogP contribution in [0.1, 0.15) is 29.6 Å². The number of methoxy groups -OCH3 is 1. The van der Waals surface area contributed by atoms with Gasteiger partial charge in [-0.25, -0.2) is 4.98 Å². The lowest BCUT2D eigenvalue weighted by Crippen LogP contribution is -2.32. The van der Waals surface area contributed by atoms with E-state index in [-0.39, 0.29) is 0 Å². The van der Waals surface area contributed by atoms with E-state index in [2.05, 4.69) is 14.7 Å². The molecule has 1 aromatic rings. The summed E-state index contributed by atoms with van der Waals surface area (Å²) in [5.74, 6) is 1.72. The van der Waals surface area contributed by atoms with Crippen LogP contribution in [0.2, 0.25) is 0 Å². The molecule has 1 aliphatic rings. The first kappa shape index (κ1) is 11.0. The number of rotatable bonds is 6. The third-order valence-corrected chi connectivity index (χ3v) is 3.37. The molecule has 0 amide bonds. The first-order valence-corrected chi connectivity index (χ1v) is 6.09. The van der Waals surface area contributed by atoms with Gasteiger partial charge < -0.3 is 10.1 Å². The Kier molecular flexibility index (Phi) is 3.66. The Bertz CT molecular complexity index is 311. The van der Waals surface area contributed by atoms with Crippen LogP contribution >= 0.6 is 11.5 Å². The van der Waals surface area contributed by atoms with E-state index in [1.807, 2.05) is 7.05 Å². The molecule has 1 N–H and O–H groups in total. The van der Waals surface area contributed by atoms with Crippen molar-refractivity contribution >= 4 is 11.5 Å². The van der Waals surface area contributed by atoms with Crippen molar-refractivity contribution in [1.82, 2.24) is 14.7 Å². The van der Waals surface area contributed by atoms with Gasteiger partial charge in [0, 0.05) is 25.5 Å². The molecular formula is C10H17N3OS. The summed E-state index contributed by atoms with van der Waals surface area (Å²) in [5.41, 5.74) is 0. The zero-order chi connectivity index (χ0) is 10.7. The van der Waals surface area contributed by atoms with Crippen molar-refractivity contribution in [2.45, 2.75) is 31.2 Å². The number of ether oxygens (including phenoxy) is 1. The van der Waals surface area contributed by atoms with E-state index in [9.17, 15) is 0 Å². The van der Waals surface area contributed by atoms with E-state index in [0.717, 1.165) is 23.9 Å². The van der Waals surface area contributed by atoms with Crippen LogP contribution in [0.15, 0.2) is 0 Å². The van der Waals surface area contributed by atoms with Crippen LogP contribution in [0.5, 0.6) is 0 Å². The Hall–Kier alpha value is -0.520. The van der Waals surface area contributed by atoms with E-state index in [4.69, 9.17) is 4.74 Å². The van der Waals surface area contributed by atoms with Gasteiger partial charge >= 0.3 is 0 Å². The van der Waals surface area contributed by atoms with Gasteiger partial charge in [0.05, 0.1) is 6.61 Å². The molecule has 0 saturated heterocycles. The third kappa shape index (κ3) is 2.96. The molecule has 0 bridgehead atoms. The lowest BCUT2D eigenvalue weighted by molar-refractivity contribution is 0.169. The second kappa shape index (κ2) is 5.01. The second-order valence-corrected chi connectivity index (χ2v) is 4.80. The van der Waals surface area contributed by atoms with E-state index in [0.29, 0.717) is 12.0 Å². The topological polar surface area (TPSA) is 47.0 Å². The zero-order valence-electron chi connectivity index (χ0n) is 9.19. The van der Waals surface area contributed by atoms with Crippen LogP contribution in [0, 0.1) is 0 Å². The molecule has 1 unspecified atom stereocenters. The van der Waals surface area contributed by atoms with Crippen molar-refractivity contribution in [1.29, 1.82) is 0 Å². The fraction of sp³-hybridized carbons (Fsp3) is 0.800. The summed E-state index contributed by atoms with van der Waals surface area (Å²) >= 11 is 1.53. The fourth-order valence-electron chi connectivity index (χ4n) is 1.51. The summed E-state index contributed by atoms with van der Waals surface area (Å²) in [4.78, 5) is 4.55. The maximum atomic E-state index is 5.13. The monoisotopic (exact) mass is 227 g/mol. The van der Waals surface area contributed by atoms with Gasteiger partial charge in [0.2, 0.25) is 0 Å². The van der Waals surface area contributed by atoms with Crippen LogP contribution in [-0.4, -0.2) is 36.2 Å². The summed E-state index contributed by atoms with van der Waals surface area (Å²) in [7, 11) is 3.67. The minimum absolute atomic E-state index is 0.343. The predicted molar refractivity (Wildman–Crippen MR) is 60.3 cm³/mol. The maximum Gasteiger partial charge on any atom is 0.145 e. The Morgan fingerprint density at radius 1 is 1.60 bits per heavy atom. The number of hydrogen-bond donors (Lipinski definition) is 1. The molecule has 15 heavy (non-hydrogen) atoms. The maximum absolute atomic E-state index is 5.13. The summed E-state index contributed by atoms with van der Waals surface area (Å²) in [5, 5.41) is 4.34. The number of likely N-dealkylation sites (N-methyl/N-ethyl adjacent to an activating group) is 1. The summed E-state index contributed by atoms with van der Waals surface area (Å²) in [6, 6.07) is 0.343. The summed E-state index contributed by atoms with van der Waals surface area (Å²) < 4.78 is 9.52. The highest BCUT2D eigenvalue weighted by molar-refractivity contribution is 7.05. The van der Waals surface area contributed by atoms with Crippen molar-refractivity contribution < 1.29 is 4.74 Å². The molecule has 2 rings (SSSR count). The molecule has 0 aliphatic heterocycles. The summed E-state index contributed by atoms with van der Waals surface area (Å²) in [6.07, 6.45) is 3.45. The van der Waals surface area contributed by atoms with Gasteiger partial charge in [0.1, 0.15) is 10.8 Å². The van der Waals surface area contributed by atoms with Gasteiger partial charge in [-0.3, -0.25) is 0 Å². The minimum Gasteiger partial charge on any atom is -0.383 e. The molecule has 1 heterocycles. The molecule has 1 saturated carbocycles. The first-order chi connectivity index (χ1) is 7.33. The van der Waals surface area contributed by atoms with Crippen LogP contribution in [0.25, 0.3) is 0 Å². The smallest absolute Gasteiger partial charge is 0.145 e. The van der Waals surface area contributed by atoms with Gasteiger partial charge in [-0.1, -0.05) is 0 Å². The molecule has 1 atom stereocenters. The van der Waals surface area contributed by atoms with Crippen LogP contribution in [0.4, 0.5) is 0 Å². The Morgan fingerprint density at radius 3 is 3.00 bits per heavy atom. The Labute approximate surface area is 94.2 Å². The molecule has 0 aromatic carbocycles. The highest BCUT2D eigenvalue weighted by Gasteiger charge is 2.27. The quantitative estimate of drug-likeness (QED) is 0.793. The normalized spacial score (nSPS) is 18.0. The molecule has 1 fully saturated rings. The summed E-state index contributed by atoms with van der Waals surface area (Å²) in [6.45, 7) is 0.717. The van der Waals surface area contributed by atoms with Crippen molar-refractivity contribution in [2.75, 3.05) is 20.8 Å². The number of hydrogen-bond acceptors (Lipinski definition) is 5. The van der Waals surface area contributed by atoms with Crippen molar-refractivity contribution in [2.24, 2.45) is 0 Å². The lowest BCUT2D eigenvalue weighted by atomic mass is 10.2. The number of nitrogens with one attached hydrogen (secondary N) is 1. The average Bonchev–Trinajstić information content (AvgIpc) is 2.99. The van der Waals surface area contributed by atoms with Gasteiger partial charge in [-0.15, -0.1) is 0 Å². The van der Waals surface area contributed by atoms with Crippen molar-refractivity contribution in [3.63, 3.8) is 0 Å². The van der Waals surface area contributed by atoms with Gasteiger partial charge in [0.15, 0.2) is 0 Å². The first-order valence-electron chi connectivity index (χ1n) is 5.32. The standard InChI is InChI=1S/C10H17N3OS/c1-11-8(6-14-2)5-9-12-10(13-15-9)7-3-4-7/h7-8,11H,3-6H2,1-2H3. The highest BCUT2D eigenvalue weighted by atomic mass is 32.1. The van der Waals surface area contributed by atoms with Crippen LogP contribution in [0.3, 0.4) is 0 Å². The van der Waals surface area contributed by atoms with Crippen LogP contribution < -0.4 is 5.32 Å². The molecule has 0 radical (unpaired) electrons. The Balaban J connectivity index is 1.90. The predicted octanol–water partition coefficient (Wildman–Crippen LogP) is 1.19. The SMILES string of the molecule is CNC(COC)Cc1nc(C2CC2)ns1. The van der Waals surface area contributed by atoms with E-state index < -0.39 is 0 Å². The van der Waals surface area contributed by atoms with E-state index >= 15 is 0 Å². The van der Waals surface area contributed by atoms with Gasteiger partial charge in [-0.2, -0.15) is 4.37 Å². The average molecular weight is 227 g/mol. The molecule has 4 nitrogen and oxygen atoms in total. The van der Waals surface area contributed by atoms with Crippen molar-refractivity contribution in [3.8, 4) is 0 Å². The van der Waals surface area contributed by atoms with Crippen LogP contribution in [-0.2, 0) is 11.2 Å². The lowest BCUT2D eigenvalue weighted by Gasteiger charge is -2.12. The Morgan fingerprint density at radius 2 is 2.40 bits per heavy atom. The molecule has 5 heteroatoms. The number of nitrogens with zero attached hydrogens (tertiary/aromatic N) is 2. The number of aromatic nitrogens is 2. The van der Waals surface area contributed by atoms with Gasteiger partial charge in [-0.05, 0) is 31.4 Å². The zero-order valence-corrected chi connectivity index (χ0v) is 10.0.